The van der Waals surface area contributed by atoms with E-state index in [4.69, 9.17) is 16.3 Å². The largest absolute Gasteiger partial charge is 0.497 e. The third kappa shape index (κ3) is 6.88. The maximum atomic E-state index is 13.0. The van der Waals surface area contributed by atoms with Crippen molar-refractivity contribution in [3.05, 3.63) is 59.8 Å². The smallest absolute Gasteiger partial charge is 0.317 e. The van der Waals surface area contributed by atoms with E-state index in [2.05, 4.69) is 25.6 Å². The first-order valence-corrected chi connectivity index (χ1v) is 12.6. The van der Waals surface area contributed by atoms with Gasteiger partial charge in [0.05, 0.1) is 13.2 Å². The summed E-state index contributed by atoms with van der Waals surface area (Å²) in [6, 6.07) is 8.77. The van der Waals surface area contributed by atoms with Gasteiger partial charge in [-0.1, -0.05) is 30.7 Å². The van der Waals surface area contributed by atoms with Crippen LogP contribution in [0.2, 0.25) is 5.15 Å². The highest BCUT2D eigenvalue weighted by Gasteiger charge is 2.32. The summed E-state index contributed by atoms with van der Waals surface area (Å²) in [6.45, 7) is 4.31. The number of halogens is 1. The van der Waals surface area contributed by atoms with Gasteiger partial charge in [0.25, 0.3) is 0 Å². The van der Waals surface area contributed by atoms with Gasteiger partial charge in [0.15, 0.2) is 0 Å². The van der Waals surface area contributed by atoms with Crippen LogP contribution in [0.4, 0.5) is 10.6 Å². The van der Waals surface area contributed by atoms with E-state index < -0.39 is 0 Å². The molecule has 1 aliphatic rings. The molecule has 3 amide bonds. The van der Waals surface area contributed by atoms with Gasteiger partial charge >= 0.3 is 6.03 Å². The van der Waals surface area contributed by atoms with E-state index >= 15 is 0 Å². The van der Waals surface area contributed by atoms with Crippen molar-refractivity contribution in [2.75, 3.05) is 38.2 Å². The maximum Gasteiger partial charge on any atom is 0.317 e. The Balaban J connectivity index is 1.51. The second kappa shape index (κ2) is 12.4. The summed E-state index contributed by atoms with van der Waals surface area (Å²) in [5, 5.41) is 6.18. The lowest BCUT2D eigenvalue weighted by Gasteiger charge is -2.42. The number of hydrogen-bond donors (Lipinski definition) is 2. The molecule has 11 nitrogen and oxygen atoms in total. The maximum absolute atomic E-state index is 13.0. The number of aromatic nitrogens is 4. The highest BCUT2D eigenvalue weighted by atomic mass is 35.5. The number of benzene rings is 1. The first kappa shape index (κ1) is 26.2. The second-order valence-corrected chi connectivity index (χ2v) is 9.06. The van der Waals surface area contributed by atoms with Gasteiger partial charge < -0.3 is 25.2 Å². The Morgan fingerprint density at radius 2 is 2.05 bits per heavy atom. The van der Waals surface area contributed by atoms with Crippen LogP contribution >= 0.6 is 11.6 Å². The molecule has 4 rings (SSSR count). The van der Waals surface area contributed by atoms with Gasteiger partial charge in [-0.2, -0.15) is 4.98 Å². The molecule has 1 saturated heterocycles. The fourth-order valence-electron chi connectivity index (χ4n) is 4.16. The van der Waals surface area contributed by atoms with E-state index in [1.165, 1.54) is 0 Å². The summed E-state index contributed by atoms with van der Waals surface area (Å²) in [7, 11) is 1.61. The monoisotopic (exact) mass is 526 g/mol. The van der Waals surface area contributed by atoms with Crippen LogP contribution in [0.5, 0.6) is 5.75 Å². The van der Waals surface area contributed by atoms with Crippen molar-refractivity contribution < 1.29 is 14.3 Å². The Labute approximate surface area is 220 Å². The zero-order valence-corrected chi connectivity index (χ0v) is 21.7. The van der Waals surface area contributed by atoms with Crippen LogP contribution in [0.15, 0.2) is 49.1 Å². The normalized spacial score (nSPS) is 15.4. The van der Waals surface area contributed by atoms with E-state index in [9.17, 15) is 9.59 Å². The molecule has 0 radical (unpaired) electrons. The summed E-state index contributed by atoms with van der Waals surface area (Å²) >= 11 is 6.34. The van der Waals surface area contributed by atoms with E-state index in [0.29, 0.717) is 44.5 Å². The van der Waals surface area contributed by atoms with Crippen LogP contribution in [-0.4, -0.2) is 75.7 Å². The number of piperazine rings is 1. The highest BCUT2D eigenvalue weighted by molar-refractivity contribution is 6.29. The van der Waals surface area contributed by atoms with Gasteiger partial charge in [0, 0.05) is 57.6 Å². The summed E-state index contributed by atoms with van der Waals surface area (Å²) in [5.41, 5.74) is 0.932. The van der Waals surface area contributed by atoms with Crippen molar-refractivity contribution in [3.63, 3.8) is 0 Å². The number of nitrogens with one attached hydrogen (secondary N) is 2. The predicted molar refractivity (Wildman–Crippen MR) is 140 cm³/mol. The number of rotatable bonds is 9. The molecule has 1 aromatic carbocycles. The number of imidazole rings is 1. The average molecular weight is 527 g/mol. The molecule has 1 fully saturated rings. The van der Waals surface area contributed by atoms with Gasteiger partial charge in [0.1, 0.15) is 23.0 Å². The van der Waals surface area contributed by atoms with Gasteiger partial charge in [-0.25, -0.2) is 14.8 Å². The van der Waals surface area contributed by atoms with Crippen LogP contribution in [0, 0.1) is 0 Å². The minimum absolute atomic E-state index is 0.136. The molecule has 0 aliphatic carbocycles. The van der Waals surface area contributed by atoms with E-state index in [1.807, 2.05) is 36.1 Å². The standard InChI is InChI=1S/C25H31ClN8O3/c1-3-7-28-25(36)32-10-11-34(22-14-21(26)30-24(31-22)33-9-8-27-17-33)19(16-32)13-23(35)29-15-18-5-4-6-20(12-18)37-2/h4-6,8-9,12,14,17,19H,3,7,10-11,13,15-16H2,1-2H3,(H,28,36)(H,29,35). The first-order chi connectivity index (χ1) is 18.0. The van der Waals surface area contributed by atoms with Crippen LogP contribution in [0.25, 0.3) is 5.95 Å². The van der Waals surface area contributed by atoms with E-state index in [1.54, 1.807) is 41.4 Å². The van der Waals surface area contributed by atoms with Crippen molar-refractivity contribution in [1.29, 1.82) is 0 Å². The van der Waals surface area contributed by atoms with Crippen molar-refractivity contribution in [2.24, 2.45) is 0 Å². The Morgan fingerprint density at radius 1 is 1.19 bits per heavy atom. The van der Waals surface area contributed by atoms with Crippen molar-refractivity contribution in [1.82, 2.24) is 35.1 Å². The van der Waals surface area contributed by atoms with Crippen molar-refractivity contribution >= 4 is 29.4 Å². The lowest BCUT2D eigenvalue weighted by atomic mass is 10.1. The van der Waals surface area contributed by atoms with Gasteiger partial charge in [0.2, 0.25) is 11.9 Å². The third-order valence-corrected chi connectivity index (χ3v) is 6.23. The Kier molecular flexibility index (Phi) is 8.78. The highest BCUT2D eigenvalue weighted by Crippen LogP contribution is 2.24. The quantitative estimate of drug-likeness (QED) is 0.411. The SMILES string of the molecule is CCCNC(=O)N1CCN(c2cc(Cl)nc(-n3ccnc3)n2)C(CC(=O)NCc2cccc(OC)c2)C1. The Bertz CT molecular complexity index is 1210. The van der Waals surface area contributed by atoms with Gasteiger partial charge in [-0.05, 0) is 24.1 Å². The molecular formula is C25H31ClN8O3. The van der Waals surface area contributed by atoms with Crippen LogP contribution < -0.4 is 20.3 Å². The molecule has 1 atom stereocenters. The number of carbonyl (C=O) groups is 2. The Hall–Kier alpha value is -3.86. The van der Waals surface area contributed by atoms with Crippen LogP contribution in [0.1, 0.15) is 25.3 Å². The number of carbonyl (C=O) groups excluding carboxylic acids is 2. The zero-order chi connectivity index (χ0) is 26.2. The van der Waals surface area contributed by atoms with Crippen molar-refractivity contribution in [3.8, 4) is 11.7 Å². The molecule has 1 unspecified atom stereocenters. The third-order valence-electron chi connectivity index (χ3n) is 6.04. The number of amides is 3. The van der Waals surface area contributed by atoms with Crippen LogP contribution in [-0.2, 0) is 11.3 Å². The second-order valence-electron chi connectivity index (χ2n) is 8.68. The minimum Gasteiger partial charge on any atom is -0.497 e. The molecule has 3 aromatic rings. The molecule has 37 heavy (non-hydrogen) atoms. The summed E-state index contributed by atoms with van der Waals surface area (Å²) < 4.78 is 6.93. The Morgan fingerprint density at radius 3 is 2.81 bits per heavy atom. The number of urea groups is 1. The summed E-state index contributed by atoms with van der Waals surface area (Å²) in [5.74, 6) is 1.56. The molecule has 3 heterocycles. The number of ether oxygens (including phenoxy) is 1. The minimum atomic E-state index is -0.312. The number of nitrogens with zero attached hydrogens (tertiary/aromatic N) is 6. The fourth-order valence-corrected chi connectivity index (χ4v) is 4.34. The topological polar surface area (TPSA) is 118 Å². The van der Waals surface area contributed by atoms with Crippen LogP contribution in [0.3, 0.4) is 0 Å². The lowest BCUT2D eigenvalue weighted by Crippen LogP contribution is -2.58. The molecule has 196 valence electrons. The number of anilines is 1. The molecule has 1 aliphatic heterocycles. The molecule has 2 N–H and O–H groups in total. The fraction of sp³-hybridized carbons (Fsp3) is 0.400. The zero-order valence-electron chi connectivity index (χ0n) is 20.9. The predicted octanol–water partition coefficient (Wildman–Crippen LogP) is 2.64. The first-order valence-electron chi connectivity index (χ1n) is 12.2. The number of hydrogen-bond acceptors (Lipinski definition) is 7. The van der Waals surface area contributed by atoms with Gasteiger partial charge in [-0.3, -0.25) is 9.36 Å². The molecule has 0 saturated carbocycles. The molecule has 0 spiro atoms. The van der Waals surface area contributed by atoms with E-state index in [-0.39, 0.29) is 29.6 Å². The van der Waals surface area contributed by atoms with E-state index in [0.717, 1.165) is 17.7 Å². The molecule has 2 aromatic heterocycles. The molecular weight excluding hydrogens is 496 g/mol. The van der Waals surface area contributed by atoms with Gasteiger partial charge in [-0.15, -0.1) is 0 Å². The lowest BCUT2D eigenvalue weighted by molar-refractivity contribution is -0.121. The summed E-state index contributed by atoms with van der Waals surface area (Å²) in [6.07, 6.45) is 5.97. The average Bonchev–Trinajstić information content (AvgIpc) is 3.45. The van der Waals surface area contributed by atoms with Crippen molar-refractivity contribution in [2.45, 2.75) is 32.4 Å². The number of methoxy groups -OCH3 is 1. The molecule has 12 heteroatoms. The molecule has 0 bridgehead atoms. The summed E-state index contributed by atoms with van der Waals surface area (Å²) in [4.78, 5) is 42.5.